The highest BCUT2D eigenvalue weighted by molar-refractivity contribution is 7.98. The lowest BCUT2D eigenvalue weighted by Crippen LogP contribution is -2.35. The first kappa shape index (κ1) is 24.8. The Morgan fingerprint density at radius 1 is 1.15 bits per heavy atom. The van der Waals surface area contributed by atoms with Gasteiger partial charge in [-0.3, -0.25) is 9.69 Å². The Morgan fingerprint density at radius 3 is 2.65 bits per heavy atom. The summed E-state index contributed by atoms with van der Waals surface area (Å²) in [4.78, 5) is 31.7. The Bertz CT molecular complexity index is 1050. The molecule has 34 heavy (non-hydrogen) atoms. The highest BCUT2D eigenvalue weighted by Gasteiger charge is 2.27. The van der Waals surface area contributed by atoms with Gasteiger partial charge < -0.3 is 18.9 Å². The zero-order valence-electron chi connectivity index (χ0n) is 20.4. The first-order valence-corrected chi connectivity index (χ1v) is 13.2. The maximum atomic E-state index is 13.0. The van der Waals surface area contributed by atoms with Gasteiger partial charge in [0.15, 0.2) is 0 Å². The van der Waals surface area contributed by atoms with E-state index in [1.54, 1.807) is 16.3 Å². The number of carbonyl (C=O) groups excluding carboxylic acids is 1. The standard InChI is InChI=1S/C26H35N3O4S/c1-27-11-4-5-20(16-27)18-33-23-15-24(30)29-14-13-28(12-10-22(29)25(23)26(31)32-2)17-19-6-8-21(34-3)9-7-19/h6-9,15,20H,4-5,10-14,16-18H2,1-3H3/t20-/m1/s1. The van der Waals surface area contributed by atoms with E-state index in [1.807, 2.05) is 0 Å². The first-order valence-electron chi connectivity index (χ1n) is 12.0. The van der Waals surface area contributed by atoms with Crippen LogP contribution in [-0.2, 0) is 24.2 Å². The molecule has 0 spiro atoms. The van der Waals surface area contributed by atoms with Crippen molar-refractivity contribution < 1.29 is 14.3 Å². The highest BCUT2D eigenvalue weighted by Crippen LogP contribution is 2.26. The molecule has 2 aliphatic rings. The van der Waals surface area contributed by atoms with Crippen LogP contribution in [0.4, 0.5) is 0 Å². The lowest BCUT2D eigenvalue weighted by Gasteiger charge is -2.29. The van der Waals surface area contributed by atoms with Gasteiger partial charge in [0.2, 0.25) is 0 Å². The third-order valence-electron chi connectivity index (χ3n) is 6.84. The number of ether oxygens (including phenoxy) is 2. The first-order chi connectivity index (χ1) is 16.5. The molecule has 3 heterocycles. The summed E-state index contributed by atoms with van der Waals surface area (Å²) in [6, 6.07) is 10.1. The maximum Gasteiger partial charge on any atom is 0.343 e. The van der Waals surface area contributed by atoms with Crippen LogP contribution in [0.25, 0.3) is 0 Å². The fraction of sp³-hybridized carbons (Fsp3) is 0.538. The van der Waals surface area contributed by atoms with Crippen LogP contribution in [0.2, 0.25) is 0 Å². The number of methoxy groups -OCH3 is 1. The summed E-state index contributed by atoms with van der Waals surface area (Å²) in [5.41, 5.74) is 2.24. The molecule has 7 nitrogen and oxygen atoms in total. The molecule has 8 heteroatoms. The lowest BCUT2D eigenvalue weighted by atomic mass is 9.99. The topological polar surface area (TPSA) is 64.0 Å². The van der Waals surface area contributed by atoms with Crippen molar-refractivity contribution in [1.82, 2.24) is 14.4 Å². The Balaban J connectivity index is 1.53. The number of likely N-dealkylation sites (tertiary alicyclic amines) is 1. The van der Waals surface area contributed by atoms with Crippen LogP contribution < -0.4 is 10.3 Å². The van der Waals surface area contributed by atoms with Crippen molar-refractivity contribution >= 4 is 17.7 Å². The van der Waals surface area contributed by atoms with Crippen LogP contribution in [0.3, 0.4) is 0 Å². The molecule has 0 saturated carbocycles. The zero-order chi connectivity index (χ0) is 24.1. The van der Waals surface area contributed by atoms with E-state index in [0.717, 1.165) is 51.3 Å². The molecule has 0 unspecified atom stereocenters. The van der Waals surface area contributed by atoms with E-state index in [4.69, 9.17) is 9.47 Å². The SMILES string of the molecule is COC(=O)c1c(OC[C@@H]2CCCN(C)C2)cc(=O)n2c1CCN(Cc1ccc(SC)cc1)CC2. The monoisotopic (exact) mass is 485 g/mol. The van der Waals surface area contributed by atoms with Crippen LogP contribution >= 0.6 is 11.8 Å². The molecule has 4 rings (SSSR count). The second kappa shape index (κ2) is 11.4. The second-order valence-corrected chi connectivity index (χ2v) is 10.1. The molecule has 2 aliphatic heterocycles. The van der Waals surface area contributed by atoms with Gasteiger partial charge in [0, 0.05) is 61.7 Å². The van der Waals surface area contributed by atoms with Gasteiger partial charge in [-0.05, 0) is 50.4 Å². The number of benzene rings is 1. The van der Waals surface area contributed by atoms with E-state index in [1.165, 1.54) is 23.6 Å². The van der Waals surface area contributed by atoms with Gasteiger partial charge in [-0.25, -0.2) is 4.79 Å². The molecule has 2 aromatic rings. The molecule has 0 radical (unpaired) electrons. The summed E-state index contributed by atoms with van der Waals surface area (Å²) in [6.07, 6.45) is 4.89. The smallest absolute Gasteiger partial charge is 0.343 e. The minimum atomic E-state index is -0.444. The molecule has 1 saturated heterocycles. The summed E-state index contributed by atoms with van der Waals surface area (Å²) < 4.78 is 13.0. The number of nitrogens with zero attached hydrogens (tertiary/aromatic N) is 3. The number of rotatable bonds is 7. The number of fused-ring (bicyclic) bond motifs is 1. The van der Waals surface area contributed by atoms with Crippen molar-refractivity contribution in [3.05, 3.63) is 57.5 Å². The van der Waals surface area contributed by atoms with Gasteiger partial charge in [-0.15, -0.1) is 11.8 Å². The van der Waals surface area contributed by atoms with Crippen LogP contribution in [0, 0.1) is 5.92 Å². The Labute approximate surface area is 206 Å². The number of hydrogen-bond acceptors (Lipinski definition) is 7. The maximum absolute atomic E-state index is 13.0. The number of aromatic nitrogens is 1. The third kappa shape index (κ3) is 5.85. The van der Waals surface area contributed by atoms with Gasteiger partial charge >= 0.3 is 5.97 Å². The molecule has 184 valence electrons. The van der Waals surface area contributed by atoms with E-state index in [9.17, 15) is 9.59 Å². The number of pyridine rings is 1. The third-order valence-corrected chi connectivity index (χ3v) is 7.58. The molecule has 1 aromatic carbocycles. The molecular weight excluding hydrogens is 450 g/mol. The number of esters is 1. The van der Waals surface area contributed by atoms with Crippen LogP contribution in [0.15, 0.2) is 40.0 Å². The van der Waals surface area contributed by atoms with Crippen molar-refractivity contribution in [3.63, 3.8) is 0 Å². The van der Waals surface area contributed by atoms with E-state index in [2.05, 4.69) is 47.4 Å². The largest absolute Gasteiger partial charge is 0.492 e. The predicted molar refractivity (Wildman–Crippen MR) is 135 cm³/mol. The average Bonchev–Trinajstić information content (AvgIpc) is 3.06. The summed E-state index contributed by atoms with van der Waals surface area (Å²) >= 11 is 1.73. The Kier molecular flexibility index (Phi) is 8.34. The lowest BCUT2D eigenvalue weighted by molar-refractivity contribution is 0.0590. The van der Waals surface area contributed by atoms with Crippen molar-refractivity contribution in [2.24, 2.45) is 5.92 Å². The normalized spacial score (nSPS) is 19.3. The van der Waals surface area contributed by atoms with E-state index in [-0.39, 0.29) is 5.56 Å². The summed E-state index contributed by atoms with van der Waals surface area (Å²) in [7, 11) is 3.50. The molecule has 0 bridgehead atoms. The number of hydrogen-bond donors (Lipinski definition) is 0. The molecule has 0 amide bonds. The minimum absolute atomic E-state index is 0.121. The fourth-order valence-electron chi connectivity index (χ4n) is 4.99. The predicted octanol–water partition coefficient (Wildman–Crippen LogP) is 3.14. The molecular formula is C26H35N3O4S. The van der Waals surface area contributed by atoms with Crippen LogP contribution in [0.5, 0.6) is 5.75 Å². The minimum Gasteiger partial charge on any atom is -0.492 e. The number of thioether (sulfide) groups is 1. The second-order valence-electron chi connectivity index (χ2n) is 9.27. The average molecular weight is 486 g/mol. The van der Waals surface area contributed by atoms with Crippen LogP contribution in [0.1, 0.15) is 34.5 Å². The van der Waals surface area contributed by atoms with E-state index < -0.39 is 5.97 Å². The molecule has 1 atom stereocenters. The van der Waals surface area contributed by atoms with Crippen molar-refractivity contribution in [2.45, 2.75) is 37.2 Å². The molecule has 0 aliphatic carbocycles. The summed E-state index contributed by atoms with van der Waals surface area (Å²) in [6.45, 7) is 5.40. The number of piperidine rings is 1. The highest BCUT2D eigenvalue weighted by atomic mass is 32.2. The molecule has 1 aromatic heterocycles. The Morgan fingerprint density at radius 2 is 1.94 bits per heavy atom. The van der Waals surface area contributed by atoms with Crippen molar-refractivity contribution in [3.8, 4) is 5.75 Å². The van der Waals surface area contributed by atoms with Crippen LogP contribution in [-0.4, -0.2) is 73.5 Å². The van der Waals surface area contributed by atoms with Gasteiger partial charge in [0.05, 0.1) is 13.7 Å². The van der Waals surface area contributed by atoms with Crippen molar-refractivity contribution in [1.29, 1.82) is 0 Å². The number of carbonyl (C=O) groups is 1. The Hall–Kier alpha value is -2.29. The van der Waals surface area contributed by atoms with E-state index >= 15 is 0 Å². The zero-order valence-corrected chi connectivity index (χ0v) is 21.2. The van der Waals surface area contributed by atoms with Crippen molar-refractivity contribution in [2.75, 3.05) is 53.2 Å². The summed E-state index contributed by atoms with van der Waals surface area (Å²) in [5, 5.41) is 0. The van der Waals surface area contributed by atoms with Gasteiger partial charge in [0.1, 0.15) is 11.3 Å². The summed E-state index contributed by atoms with van der Waals surface area (Å²) in [5.74, 6) is 0.303. The van der Waals surface area contributed by atoms with Gasteiger partial charge in [0.25, 0.3) is 5.56 Å². The van der Waals surface area contributed by atoms with Gasteiger partial charge in [-0.2, -0.15) is 0 Å². The van der Waals surface area contributed by atoms with E-state index in [0.29, 0.717) is 36.8 Å². The molecule has 0 N–H and O–H groups in total. The quantitative estimate of drug-likeness (QED) is 0.441. The molecule has 1 fully saturated rings. The van der Waals surface area contributed by atoms with Gasteiger partial charge in [-0.1, -0.05) is 12.1 Å². The fourth-order valence-corrected chi connectivity index (χ4v) is 5.40.